The molecule has 1 aromatic carbocycles. The van der Waals surface area contributed by atoms with Crippen LogP contribution in [0.1, 0.15) is 25.5 Å². The average molecular weight is 193 g/mol. The van der Waals surface area contributed by atoms with Crippen molar-refractivity contribution < 1.29 is 9.84 Å². The Bertz CT molecular complexity index is 336. The van der Waals surface area contributed by atoms with E-state index in [1.807, 2.05) is 25.1 Å². The molecular weight excluding hydrogens is 178 g/mol. The van der Waals surface area contributed by atoms with Crippen LogP contribution in [0.3, 0.4) is 0 Å². The summed E-state index contributed by atoms with van der Waals surface area (Å²) in [5.41, 5.74) is 1.89. The van der Waals surface area contributed by atoms with E-state index in [2.05, 4.69) is 5.32 Å². The van der Waals surface area contributed by atoms with Crippen LogP contribution in [0, 0.1) is 0 Å². The molecule has 0 radical (unpaired) electrons. The number of aliphatic hydroxyl groups is 1. The van der Waals surface area contributed by atoms with Gasteiger partial charge in [0, 0.05) is 0 Å². The van der Waals surface area contributed by atoms with E-state index in [1.165, 1.54) is 0 Å². The molecule has 0 spiro atoms. The maximum atomic E-state index is 9.41. The summed E-state index contributed by atoms with van der Waals surface area (Å²) in [5.74, 6) is 0.869. The van der Waals surface area contributed by atoms with Crippen LogP contribution in [0.5, 0.6) is 5.75 Å². The van der Waals surface area contributed by atoms with Crippen molar-refractivity contribution in [3.8, 4) is 5.75 Å². The van der Waals surface area contributed by atoms with E-state index < -0.39 is 6.10 Å². The monoisotopic (exact) mass is 193 g/mol. The lowest BCUT2D eigenvalue weighted by atomic mass is 10.1. The predicted octanol–water partition coefficient (Wildman–Crippen LogP) is 1.93. The minimum atomic E-state index is -0.429. The fraction of sp³-hybridized carbons (Fsp3) is 0.455. The first kappa shape index (κ1) is 9.34. The van der Waals surface area contributed by atoms with Gasteiger partial charge in [0.2, 0.25) is 0 Å². The van der Waals surface area contributed by atoms with Crippen molar-refractivity contribution in [2.75, 3.05) is 11.9 Å². The summed E-state index contributed by atoms with van der Waals surface area (Å²) in [5, 5.41) is 12.7. The second-order valence-corrected chi connectivity index (χ2v) is 3.74. The zero-order chi connectivity index (χ0) is 10.1. The SMILES string of the molecule is CC1CNc2cc(C(C)O)ccc2O1. The van der Waals surface area contributed by atoms with Gasteiger partial charge in [-0.25, -0.2) is 0 Å². The lowest BCUT2D eigenvalue weighted by Gasteiger charge is -2.25. The van der Waals surface area contributed by atoms with Crippen LogP contribution in [-0.4, -0.2) is 17.8 Å². The highest BCUT2D eigenvalue weighted by molar-refractivity contribution is 5.59. The van der Waals surface area contributed by atoms with E-state index in [0.29, 0.717) is 0 Å². The summed E-state index contributed by atoms with van der Waals surface area (Å²) in [7, 11) is 0. The van der Waals surface area contributed by atoms with Crippen LogP contribution in [0.4, 0.5) is 5.69 Å². The molecule has 1 aliphatic rings. The van der Waals surface area contributed by atoms with Crippen molar-refractivity contribution in [2.45, 2.75) is 26.1 Å². The van der Waals surface area contributed by atoms with Crippen molar-refractivity contribution in [3.63, 3.8) is 0 Å². The Hall–Kier alpha value is -1.22. The third kappa shape index (κ3) is 1.68. The van der Waals surface area contributed by atoms with Crippen LogP contribution in [0.2, 0.25) is 0 Å². The minimum Gasteiger partial charge on any atom is -0.487 e. The second-order valence-electron chi connectivity index (χ2n) is 3.74. The van der Waals surface area contributed by atoms with E-state index in [-0.39, 0.29) is 6.10 Å². The second kappa shape index (κ2) is 3.50. The largest absolute Gasteiger partial charge is 0.487 e. The summed E-state index contributed by atoms with van der Waals surface area (Å²) in [6.45, 7) is 4.60. The highest BCUT2D eigenvalue weighted by Gasteiger charge is 2.15. The topological polar surface area (TPSA) is 41.5 Å². The number of anilines is 1. The van der Waals surface area contributed by atoms with Crippen LogP contribution >= 0.6 is 0 Å². The summed E-state index contributed by atoms with van der Waals surface area (Å²) in [6, 6.07) is 5.73. The molecule has 2 rings (SSSR count). The minimum absolute atomic E-state index is 0.208. The van der Waals surface area contributed by atoms with Gasteiger partial charge in [-0.2, -0.15) is 0 Å². The lowest BCUT2D eigenvalue weighted by molar-refractivity contribution is 0.198. The molecule has 14 heavy (non-hydrogen) atoms. The van der Waals surface area contributed by atoms with Crippen molar-refractivity contribution >= 4 is 5.69 Å². The van der Waals surface area contributed by atoms with Crippen molar-refractivity contribution in [1.82, 2.24) is 0 Å². The van der Waals surface area contributed by atoms with E-state index in [9.17, 15) is 5.11 Å². The van der Waals surface area contributed by atoms with Gasteiger partial charge in [-0.15, -0.1) is 0 Å². The Labute approximate surface area is 83.7 Å². The third-order valence-electron chi connectivity index (χ3n) is 2.39. The molecule has 1 aliphatic heterocycles. The zero-order valence-electron chi connectivity index (χ0n) is 8.45. The third-order valence-corrected chi connectivity index (χ3v) is 2.39. The van der Waals surface area contributed by atoms with Crippen molar-refractivity contribution in [1.29, 1.82) is 0 Å². The Morgan fingerprint density at radius 2 is 2.36 bits per heavy atom. The van der Waals surface area contributed by atoms with Crippen LogP contribution in [0.25, 0.3) is 0 Å². The Morgan fingerprint density at radius 3 is 3.07 bits per heavy atom. The van der Waals surface area contributed by atoms with E-state index >= 15 is 0 Å². The fourth-order valence-electron chi connectivity index (χ4n) is 1.56. The zero-order valence-corrected chi connectivity index (χ0v) is 8.45. The maximum Gasteiger partial charge on any atom is 0.142 e. The molecule has 1 heterocycles. The molecule has 0 saturated heterocycles. The summed E-state index contributed by atoms with van der Waals surface area (Å²) >= 11 is 0. The number of fused-ring (bicyclic) bond motifs is 1. The first-order valence-corrected chi connectivity index (χ1v) is 4.89. The van der Waals surface area contributed by atoms with Crippen LogP contribution < -0.4 is 10.1 Å². The first-order chi connectivity index (χ1) is 6.66. The molecule has 76 valence electrons. The summed E-state index contributed by atoms with van der Waals surface area (Å²) in [6.07, 6.45) is -0.221. The smallest absolute Gasteiger partial charge is 0.142 e. The molecule has 0 fully saturated rings. The normalized spacial score (nSPS) is 21.8. The first-order valence-electron chi connectivity index (χ1n) is 4.89. The van der Waals surface area contributed by atoms with Gasteiger partial charge in [-0.1, -0.05) is 6.07 Å². The van der Waals surface area contributed by atoms with E-state index in [4.69, 9.17) is 4.74 Å². The number of hydrogen-bond acceptors (Lipinski definition) is 3. The van der Waals surface area contributed by atoms with Gasteiger partial charge >= 0.3 is 0 Å². The van der Waals surface area contributed by atoms with Crippen LogP contribution in [-0.2, 0) is 0 Å². The number of benzene rings is 1. The highest BCUT2D eigenvalue weighted by Crippen LogP contribution is 2.31. The quantitative estimate of drug-likeness (QED) is 0.716. The number of ether oxygens (including phenoxy) is 1. The average Bonchev–Trinajstić information content (AvgIpc) is 2.16. The number of rotatable bonds is 1. The predicted molar refractivity (Wildman–Crippen MR) is 55.7 cm³/mol. The van der Waals surface area contributed by atoms with Crippen molar-refractivity contribution in [2.24, 2.45) is 0 Å². The number of nitrogens with one attached hydrogen (secondary N) is 1. The Balaban J connectivity index is 2.31. The Kier molecular flexibility index (Phi) is 2.33. The van der Waals surface area contributed by atoms with E-state index in [0.717, 1.165) is 23.5 Å². The van der Waals surface area contributed by atoms with Crippen LogP contribution in [0.15, 0.2) is 18.2 Å². The molecule has 2 unspecified atom stereocenters. The van der Waals surface area contributed by atoms with Gasteiger partial charge < -0.3 is 15.2 Å². The molecule has 0 aromatic heterocycles. The molecule has 0 bridgehead atoms. The van der Waals surface area contributed by atoms with Gasteiger partial charge in [0.05, 0.1) is 18.3 Å². The molecule has 3 nitrogen and oxygen atoms in total. The molecule has 0 amide bonds. The summed E-state index contributed by atoms with van der Waals surface area (Å²) in [4.78, 5) is 0. The lowest BCUT2D eigenvalue weighted by Crippen LogP contribution is -2.27. The summed E-state index contributed by atoms with van der Waals surface area (Å²) < 4.78 is 5.62. The molecule has 0 saturated carbocycles. The van der Waals surface area contributed by atoms with Gasteiger partial charge in [0.25, 0.3) is 0 Å². The van der Waals surface area contributed by atoms with Crippen molar-refractivity contribution in [3.05, 3.63) is 23.8 Å². The number of hydrogen-bond donors (Lipinski definition) is 2. The molecule has 2 N–H and O–H groups in total. The van der Waals surface area contributed by atoms with Gasteiger partial charge in [-0.3, -0.25) is 0 Å². The van der Waals surface area contributed by atoms with E-state index in [1.54, 1.807) is 6.92 Å². The molecule has 2 atom stereocenters. The molecular formula is C11H15NO2. The number of aliphatic hydroxyl groups excluding tert-OH is 1. The van der Waals surface area contributed by atoms with Gasteiger partial charge in [-0.05, 0) is 31.5 Å². The molecule has 0 aliphatic carbocycles. The van der Waals surface area contributed by atoms with Gasteiger partial charge in [0.1, 0.15) is 11.9 Å². The fourth-order valence-corrected chi connectivity index (χ4v) is 1.56. The Morgan fingerprint density at radius 1 is 1.57 bits per heavy atom. The standard InChI is InChI=1S/C11H15NO2/c1-7-6-12-10-5-9(8(2)13)3-4-11(10)14-7/h3-5,7-8,12-13H,6H2,1-2H3. The maximum absolute atomic E-state index is 9.41. The van der Waals surface area contributed by atoms with Gasteiger partial charge in [0.15, 0.2) is 0 Å². The molecule has 1 aromatic rings. The molecule has 3 heteroatoms. The highest BCUT2D eigenvalue weighted by atomic mass is 16.5.